The van der Waals surface area contributed by atoms with Crippen molar-refractivity contribution < 1.29 is 9.47 Å². The summed E-state index contributed by atoms with van der Waals surface area (Å²) in [6, 6.07) is 12.9. The predicted molar refractivity (Wildman–Crippen MR) is 90.8 cm³/mol. The summed E-state index contributed by atoms with van der Waals surface area (Å²) in [6.45, 7) is 0. The Morgan fingerprint density at radius 1 is 1.00 bits per heavy atom. The third kappa shape index (κ3) is 4.00. The van der Waals surface area contributed by atoms with Gasteiger partial charge in [-0.25, -0.2) is 0 Å². The Balaban J connectivity index is 2.06. The maximum atomic E-state index is 6.07. The minimum atomic E-state index is 0.445. The fourth-order valence-corrected chi connectivity index (χ4v) is 2.26. The molecule has 0 aliphatic carbocycles. The van der Waals surface area contributed by atoms with E-state index in [0.29, 0.717) is 15.9 Å². The molecule has 0 saturated heterocycles. The van der Waals surface area contributed by atoms with Gasteiger partial charge in [0.25, 0.3) is 0 Å². The molecule has 0 atom stereocenters. The Hall–Kier alpha value is -1.98. The van der Waals surface area contributed by atoms with Crippen LogP contribution in [0, 0.1) is 0 Å². The summed E-state index contributed by atoms with van der Waals surface area (Å²) in [5.74, 6) is 1.33. The maximum Gasteiger partial charge on any atom is 0.175 e. The van der Waals surface area contributed by atoms with Crippen LogP contribution in [-0.2, 0) is 0 Å². The first kappa shape index (κ1) is 15.4. The minimum absolute atomic E-state index is 0.445. The second-order valence-electron chi connectivity index (χ2n) is 4.13. The number of benzene rings is 2. The lowest BCUT2D eigenvalue weighted by Gasteiger charge is -2.14. The molecule has 0 heterocycles. The molecule has 2 rings (SSSR count). The van der Waals surface area contributed by atoms with Gasteiger partial charge in [-0.05, 0) is 42.5 Å². The summed E-state index contributed by atoms with van der Waals surface area (Å²) in [5, 5.41) is 7.10. The van der Waals surface area contributed by atoms with Crippen LogP contribution in [0.2, 0.25) is 5.02 Å². The van der Waals surface area contributed by atoms with Crippen molar-refractivity contribution in [2.45, 2.75) is 0 Å². The third-order valence-electron chi connectivity index (χ3n) is 2.76. The van der Waals surface area contributed by atoms with Crippen LogP contribution in [0.15, 0.2) is 42.5 Å². The molecule has 0 aromatic heterocycles. The summed E-state index contributed by atoms with van der Waals surface area (Å²) in [6.07, 6.45) is 0. The van der Waals surface area contributed by atoms with E-state index in [2.05, 4.69) is 10.6 Å². The molecule has 2 aromatic rings. The van der Waals surface area contributed by atoms with E-state index in [1.165, 1.54) is 0 Å². The molecule has 0 aliphatic rings. The summed E-state index contributed by atoms with van der Waals surface area (Å²) >= 11 is 11.4. The topological polar surface area (TPSA) is 42.5 Å². The van der Waals surface area contributed by atoms with E-state index in [9.17, 15) is 0 Å². The molecule has 0 bridgehead atoms. The first-order chi connectivity index (χ1) is 10.1. The molecule has 0 spiro atoms. The van der Waals surface area contributed by atoms with Crippen LogP contribution in [0.3, 0.4) is 0 Å². The van der Waals surface area contributed by atoms with Gasteiger partial charge in [-0.2, -0.15) is 0 Å². The zero-order valence-electron chi connectivity index (χ0n) is 11.6. The van der Waals surface area contributed by atoms with Crippen molar-refractivity contribution >= 4 is 40.3 Å². The van der Waals surface area contributed by atoms with Crippen molar-refractivity contribution in [1.29, 1.82) is 0 Å². The average Bonchev–Trinajstić information content (AvgIpc) is 2.48. The van der Waals surface area contributed by atoms with E-state index in [1.54, 1.807) is 26.4 Å². The summed E-state index contributed by atoms with van der Waals surface area (Å²) in [7, 11) is 3.18. The standard InChI is InChI=1S/C15H15ClN2O2S/c1-19-13-8-7-10(9-11(13)16)17-15(21)18-12-5-3-4-6-14(12)20-2/h3-9H,1-2H3,(H2,17,18,21). The highest BCUT2D eigenvalue weighted by Gasteiger charge is 2.06. The second kappa shape index (κ2) is 7.15. The van der Waals surface area contributed by atoms with Gasteiger partial charge in [0.2, 0.25) is 0 Å². The summed E-state index contributed by atoms with van der Waals surface area (Å²) in [4.78, 5) is 0. The van der Waals surface area contributed by atoms with Crippen molar-refractivity contribution in [2.75, 3.05) is 24.9 Å². The number of halogens is 1. The van der Waals surface area contributed by atoms with E-state index < -0.39 is 0 Å². The third-order valence-corrected chi connectivity index (χ3v) is 3.26. The Labute approximate surface area is 134 Å². The number of hydrogen-bond acceptors (Lipinski definition) is 3. The second-order valence-corrected chi connectivity index (χ2v) is 4.94. The molecule has 0 unspecified atom stereocenters. The fraction of sp³-hybridized carbons (Fsp3) is 0.133. The predicted octanol–water partition coefficient (Wildman–Crippen LogP) is 4.17. The molecular weight excluding hydrogens is 308 g/mol. The Morgan fingerprint density at radius 2 is 1.71 bits per heavy atom. The van der Waals surface area contributed by atoms with Crippen molar-refractivity contribution in [3.63, 3.8) is 0 Å². The van der Waals surface area contributed by atoms with Crippen molar-refractivity contribution in [2.24, 2.45) is 0 Å². The smallest absolute Gasteiger partial charge is 0.175 e. The number of nitrogens with one attached hydrogen (secondary N) is 2. The first-order valence-electron chi connectivity index (χ1n) is 6.18. The molecule has 0 fully saturated rings. The Morgan fingerprint density at radius 3 is 2.38 bits per heavy atom. The fourth-order valence-electron chi connectivity index (χ4n) is 1.78. The zero-order valence-corrected chi connectivity index (χ0v) is 13.2. The van der Waals surface area contributed by atoms with Gasteiger partial charge in [0, 0.05) is 5.69 Å². The maximum absolute atomic E-state index is 6.07. The van der Waals surface area contributed by atoms with E-state index in [0.717, 1.165) is 17.1 Å². The molecule has 110 valence electrons. The SMILES string of the molecule is COc1ccc(NC(=S)Nc2ccccc2OC)cc1Cl. The van der Waals surface area contributed by atoms with E-state index in [1.807, 2.05) is 30.3 Å². The van der Waals surface area contributed by atoms with Crippen LogP contribution in [0.1, 0.15) is 0 Å². The van der Waals surface area contributed by atoms with Crippen molar-refractivity contribution in [1.82, 2.24) is 0 Å². The van der Waals surface area contributed by atoms with Crippen LogP contribution in [0.25, 0.3) is 0 Å². The van der Waals surface area contributed by atoms with Gasteiger partial charge in [-0.3, -0.25) is 0 Å². The van der Waals surface area contributed by atoms with Crippen LogP contribution < -0.4 is 20.1 Å². The average molecular weight is 323 g/mol. The van der Waals surface area contributed by atoms with E-state index in [-0.39, 0.29) is 0 Å². The molecule has 0 aliphatic heterocycles. The molecule has 0 amide bonds. The van der Waals surface area contributed by atoms with Gasteiger partial charge < -0.3 is 20.1 Å². The first-order valence-corrected chi connectivity index (χ1v) is 6.97. The van der Waals surface area contributed by atoms with Gasteiger partial charge in [-0.15, -0.1) is 0 Å². The number of para-hydroxylation sites is 2. The molecule has 6 heteroatoms. The molecule has 4 nitrogen and oxygen atoms in total. The highest BCUT2D eigenvalue weighted by molar-refractivity contribution is 7.80. The Kier molecular flexibility index (Phi) is 5.25. The van der Waals surface area contributed by atoms with E-state index in [4.69, 9.17) is 33.3 Å². The van der Waals surface area contributed by atoms with Gasteiger partial charge in [-0.1, -0.05) is 23.7 Å². The molecule has 2 aromatic carbocycles. The molecule has 2 N–H and O–H groups in total. The van der Waals surface area contributed by atoms with Gasteiger partial charge >= 0.3 is 0 Å². The molecule has 0 radical (unpaired) electrons. The molecule has 0 saturated carbocycles. The van der Waals surface area contributed by atoms with Crippen molar-refractivity contribution in [3.05, 3.63) is 47.5 Å². The highest BCUT2D eigenvalue weighted by atomic mass is 35.5. The lowest BCUT2D eigenvalue weighted by Crippen LogP contribution is -2.19. The van der Waals surface area contributed by atoms with Gasteiger partial charge in [0.15, 0.2) is 5.11 Å². The van der Waals surface area contributed by atoms with Gasteiger partial charge in [0.1, 0.15) is 11.5 Å². The van der Waals surface area contributed by atoms with Crippen LogP contribution in [0.4, 0.5) is 11.4 Å². The number of methoxy groups -OCH3 is 2. The van der Waals surface area contributed by atoms with E-state index >= 15 is 0 Å². The number of ether oxygens (including phenoxy) is 2. The lowest BCUT2D eigenvalue weighted by atomic mass is 10.3. The number of rotatable bonds is 4. The number of thiocarbonyl (C=S) groups is 1. The lowest BCUT2D eigenvalue weighted by molar-refractivity contribution is 0.415. The quantitative estimate of drug-likeness (QED) is 0.827. The molecular formula is C15H15ClN2O2S. The number of anilines is 2. The van der Waals surface area contributed by atoms with Crippen molar-refractivity contribution in [3.8, 4) is 11.5 Å². The monoisotopic (exact) mass is 322 g/mol. The largest absolute Gasteiger partial charge is 0.495 e. The van der Waals surface area contributed by atoms with Crippen LogP contribution >= 0.6 is 23.8 Å². The van der Waals surface area contributed by atoms with Crippen LogP contribution in [-0.4, -0.2) is 19.3 Å². The summed E-state index contributed by atoms with van der Waals surface area (Å²) in [5.41, 5.74) is 1.56. The van der Waals surface area contributed by atoms with Crippen LogP contribution in [0.5, 0.6) is 11.5 Å². The summed E-state index contributed by atoms with van der Waals surface area (Å²) < 4.78 is 10.4. The minimum Gasteiger partial charge on any atom is -0.495 e. The number of hydrogen-bond donors (Lipinski definition) is 2. The normalized spacial score (nSPS) is 9.86. The van der Waals surface area contributed by atoms with Gasteiger partial charge in [0.05, 0.1) is 24.9 Å². The molecule has 21 heavy (non-hydrogen) atoms. The highest BCUT2D eigenvalue weighted by Crippen LogP contribution is 2.28. The Bertz CT molecular complexity index is 649. The zero-order chi connectivity index (χ0) is 15.2.